The van der Waals surface area contributed by atoms with E-state index < -0.39 is 0 Å². The molecule has 0 unspecified atom stereocenters. The average molecular weight is 362 g/mol. The maximum Gasteiger partial charge on any atom is 0.231 e. The lowest BCUT2D eigenvalue weighted by molar-refractivity contribution is 0.104. The number of hydrogen-bond acceptors (Lipinski definition) is 6. The van der Waals surface area contributed by atoms with Crippen molar-refractivity contribution in [2.45, 2.75) is 0 Å². The summed E-state index contributed by atoms with van der Waals surface area (Å²) in [4.78, 5) is 12.3. The van der Waals surface area contributed by atoms with Crippen LogP contribution in [0.15, 0.2) is 42.6 Å². The molecule has 2 aromatic rings. The van der Waals surface area contributed by atoms with Crippen LogP contribution in [-0.4, -0.2) is 26.8 Å². The Hall–Kier alpha value is -2.86. The molecule has 0 aliphatic carbocycles. The van der Waals surface area contributed by atoms with Gasteiger partial charge in [-0.2, -0.15) is 0 Å². The monoisotopic (exact) mass is 361 g/mol. The molecule has 0 saturated heterocycles. The summed E-state index contributed by atoms with van der Waals surface area (Å²) in [7, 11) is 3.06. The van der Waals surface area contributed by atoms with Crippen LogP contribution < -0.4 is 24.3 Å². The van der Waals surface area contributed by atoms with Gasteiger partial charge in [-0.25, -0.2) is 0 Å². The summed E-state index contributed by atoms with van der Waals surface area (Å²) >= 11 is 6.06. The lowest BCUT2D eigenvalue weighted by Gasteiger charge is -2.11. The summed E-state index contributed by atoms with van der Waals surface area (Å²) in [6.07, 6.45) is 2.94. The Morgan fingerprint density at radius 3 is 2.64 bits per heavy atom. The third-order valence-corrected chi connectivity index (χ3v) is 3.90. The molecule has 1 heterocycles. The van der Waals surface area contributed by atoms with Crippen LogP contribution in [-0.2, 0) is 0 Å². The lowest BCUT2D eigenvalue weighted by Crippen LogP contribution is -1.98. The van der Waals surface area contributed by atoms with Gasteiger partial charge in [0, 0.05) is 30.0 Å². The minimum absolute atomic E-state index is 0.169. The molecule has 0 bridgehead atoms. The Labute approximate surface area is 149 Å². The zero-order chi connectivity index (χ0) is 17.8. The van der Waals surface area contributed by atoms with Crippen LogP contribution in [0.3, 0.4) is 0 Å². The molecular formula is C18H16ClNO5. The Bertz CT molecular complexity index is 834. The topological polar surface area (TPSA) is 66.0 Å². The fraction of sp³-hybridized carbons (Fsp3) is 0.167. The number of ether oxygens (including phenoxy) is 4. The molecule has 2 aromatic carbocycles. The number of rotatable bonds is 6. The molecule has 0 amide bonds. The smallest absolute Gasteiger partial charge is 0.231 e. The number of carbonyl (C=O) groups is 1. The first kappa shape index (κ1) is 17.0. The number of nitrogens with one attached hydrogen (secondary N) is 1. The number of methoxy groups -OCH3 is 2. The average Bonchev–Trinajstić information content (AvgIpc) is 3.10. The van der Waals surface area contributed by atoms with Crippen molar-refractivity contribution in [1.29, 1.82) is 0 Å². The van der Waals surface area contributed by atoms with Crippen molar-refractivity contribution in [2.24, 2.45) is 0 Å². The molecule has 1 aliphatic heterocycles. The summed E-state index contributed by atoms with van der Waals surface area (Å²) in [5, 5.41) is 3.43. The first-order chi connectivity index (χ1) is 12.1. The van der Waals surface area contributed by atoms with E-state index in [1.807, 2.05) is 0 Å². The van der Waals surface area contributed by atoms with E-state index in [9.17, 15) is 4.79 Å². The largest absolute Gasteiger partial charge is 0.495 e. The summed E-state index contributed by atoms with van der Waals surface area (Å²) in [6, 6.07) is 8.38. The third-order valence-electron chi connectivity index (χ3n) is 3.60. The second-order valence-corrected chi connectivity index (χ2v) is 5.50. The number of ketones is 1. The number of carbonyl (C=O) groups excluding carboxylic acids is 1. The fourth-order valence-corrected chi connectivity index (χ4v) is 2.56. The zero-order valence-corrected chi connectivity index (χ0v) is 14.4. The molecular weight excluding hydrogens is 346 g/mol. The SMILES string of the molecule is COc1cc(NC=CC(=O)c2ccc3c(c2)OCO3)c(OC)cc1Cl. The van der Waals surface area contributed by atoms with E-state index in [1.54, 1.807) is 30.3 Å². The summed E-state index contributed by atoms with van der Waals surface area (Å²) in [5.41, 5.74) is 1.13. The molecule has 1 aliphatic rings. The molecule has 0 spiro atoms. The van der Waals surface area contributed by atoms with Gasteiger partial charge in [-0.15, -0.1) is 0 Å². The number of fused-ring (bicyclic) bond motifs is 1. The highest BCUT2D eigenvalue weighted by Gasteiger charge is 2.15. The van der Waals surface area contributed by atoms with Gasteiger partial charge in [0.05, 0.1) is 24.9 Å². The second kappa shape index (κ2) is 7.36. The molecule has 7 heteroatoms. The minimum Gasteiger partial charge on any atom is -0.495 e. The molecule has 6 nitrogen and oxygen atoms in total. The van der Waals surface area contributed by atoms with Gasteiger partial charge in [0.25, 0.3) is 0 Å². The van der Waals surface area contributed by atoms with Crippen LogP contribution in [0, 0.1) is 0 Å². The Balaban J connectivity index is 1.73. The van der Waals surface area contributed by atoms with Gasteiger partial charge < -0.3 is 24.3 Å². The van der Waals surface area contributed by atoms with Crippen molar-refractivity contribution < 1.29 is 23.7 Å². The van der Waals surface area contributed by atoms with Gasteiger partial charge in [0.2, 0.25) is 6.79 Å². The summed E-state index contributed by atoms with van der Waals surface area (Å²) < 4.78 is 20.9. The van der Waals surface area contributed by atoms with Gasteiger partial charge in [-0.05, 0) is 18.2 Å². The second-order valence-electron chi connectivity index (χ2n) is 5.10. The molecule has 1 N–H and O–H groups in total. The number of allylic oxidation sites excluding steroid dienone is 1. The Morgan fingerprint density at radius 2 is 1.88 bits per heavy atom. The van der Waals surface area contributed by atoms with Crippen LogP contribution in [0.5, 0.6) is 23.0 Å². The third kappa shape index (κ3) is 3.64. The molecule has 3 rings (SSSR count). The van der Waals surface area contributed by atoms with Gasteiger partial charge >= 0.3 is 0 Å². The molecule has 0 radical (unpaired) electrons. The maximum atomic E-state index is 12.3. The molecule has 0 fully saturated rings. The van der Waals surface area contributed by atoms with Gasteiger partial charge in [-0.3, -0.25) is 4.79 Å². The van der Waals surface area contributed by atoms with E-state index in [0.29, 0.717) is 39.3 Å². The first-order valence-corrected chi connectivity index (χ1v) is 7.78. The van der Waals surface area contributed by atoms with E-state index >= 15 is 0 Å². The predicted molar refractivity (Wildman–Crippen MR) is 94.2 cm³/mol. The van der Waals surface area contributed by atoms with Crippen molar-refractivity contribution in [3.8, 4) is 23.0 Å². The zero-order valence-electron chi connectivity index (χ0n) is 13.7. The number of benzene rings is 2. The van der Waals surface area contributed by atoms with Gasteiger partial charge in [0.1, 0.15) is 11.5 Å². The normalized spacial score (nSPS) is 12.3. The van der Waals surface area contributed by atoms with E-state index in [-0.39, 0.29) is 12.6 Å². The first-order valence-electron chi connectivity index (χ1n) is 7.41. The van der Waals surface area contributed by atoms with Crippen LogP contribution in [0.25, 0.3) is 0 Å². The van der Waals surface area contributed by atoms with Crippen molar-refractivity contribution in [2.75, 3.05) is 26.3 Å². The molecule has 130 valence electrons. The van der Waals surface area contributed by atoms with E-state index in [4.69, 9.17) is 30.5 Å². The molecule has 0 atom stereocenters. The Morgan fingerprint density at radius 1 is 1.12 bits per heavy atom. The summed E-state index contributed by atoms with van der Waals surface area (Å²) in [5.74, 6) is 2.06. The van der Waals surface area contributed by atoms with Gasteiger partial charge in [-0.1, -0.05) is 11.6 Å². The summed E-state index contributed by atoms with van der Waals surface area (Å²) in [6.45, 7) is 0.169. The Kier molecular flexibility index (Phi) is 5.00. The van der Waals surface area contributed by atoms with E-state index in [0.717, 1.165) is 0 Å². The molecule has 0 saturated carbocycles. The van der Waals surface area contributed by atoms with Crippen molar-refractivity contribution in [3.63, 3.8) is 0 Å². The van der Waals surface area contributed by atoms with Crippen molar-refractivity contribution in [1.82, 2.24) is 0 Å². The van der Waals surface area contributed by atoms with Crippen LogP contribution >= 0.6 is 11.6 Å². The number of anilines is 1. The van der Waals surface area contributed by atoms with Crippen LogP contribution in [0.1, 0.15) is 10.4 Å². The quantitative estimate of drug-likeness (QED) is 0.622. The van der Waals surface area contributed by atoms with E-state index in [2.05, 4.69) is 5.32 Å². The minimum atomic E-state index is -0.175. The number of halogens is 1. The van der Waals surface area contributed by atoms with E-state index in [1.165, 1.54) is 26.5 Å². The molecule has 25 heavy (non-hydrogen) atoms. The maximum absolute atomic E-state index is 12.3. The van der Waals surface area contributed by atoms with Gasteiger partial charge in [0.15, 0.2) is 17.3 Å². The lowest BCUT2D eigenvalue weighted by atomic mass is 10.1. The number of hydrogen-bond donors (Lipinski definition) is 1. The predicted octanol–water partition coefficient (Wildman–Crippen LogP) is 3.89. The van der Waals surface area contributed by atoms with Crippen molar-refractivity contribution in [3.05, 3.63) is 53.2 Å². The standard InChI is InChI=1S/C18H16ClNO5/c1-22-16-9-13(17(23-2)8-12(16)19)20-6-5-14(21)11-3-4-15-18(7-11)25-10-24-15/h3-9,20H,10H2,1-2H3. The highest BCUT2D eigenvalue weighted by atomic mass is 35.5. The van der Waals surface area contributed by atoms with Crippen LogP contribution in [0.2, 0.25) is 5.02 Å². The van der Waals surface area contributed by atoms with Crippen molar-refractivity contribution >= 4 is 23.1 Å². The fourth-order valence-electron chi connectivity index (χ4n) is 2.33. The molecule has 0 aromatic heterocycles. The van der Waals surface area contributed by atoms with Crippen LogP contribution in [0.4, 0.5) is 5.69 Å². The highest BCUT2D eigenvalue weighted by Crippen LogP contribution is 2.36. The highest BCUT2D eigenvalue weighted by molar-refractivity contribution is 6.32.